The zero-order valence-electron chi connectivity index (χ0n) is 8.30. The molecule has 0 spiro atoms. The van der Waals surface area contributed by atoms with Gasteiger partial charge in [0, 0.05) is 15.9 Å². The van der Waals surface area contributed by atoms with E-state index in [4.69, 9.17) is 12.2 Å². The predicted molar refractivity (Wildman–Crippen MR) is 71.8 cm³/mol. The monoisotopic (exact) mass is 267 g/mol. The van der Waals surface area contributed by atoms with Crippen molar-refractivity contribution in [1.82, 2.24) is 0 Å². The van der Waals surface area contributed by atoms with Crippen LogP contribution in [-0.2, 0) is 11.2 Å². The summed E-state index contributed by atoms with van der Waals surface area (Å²) in [6.45, 7) is 0. The Kier molecular flexibility index (Phi) is 3.82. The highest BCUT2D eigenvalue weighted by Gasteiger charge is 2.05. The molecule has 5 heteroatoms. The van der Waals surface area contributed by atoms with E-state index in [0.29, 0.717) is 6.42 Å². The minimum atomic E-state index is -0.00440. The molecule has 2 nitrogen and oxygen atoms in total. The van der Waals surface area contributed by atoms with Crippen LogP contribution in [-0.4, -0.2) is 5.91 Å². The predicted octanol–water partition coefficient (Wildman–Crippen LogP) is 3.72. The van der Waals surface area contributed by atoms with Crippen molar-refractivity contribution in [3.63, 3.8) is 0 Å². The van der Waals surface area contributed by atoms with Crippen LogP contribution < -0.4 is 5.32 Å². The Morgan fingerprint density at radius 1 is 1.31 bits per heavy atom. The molecular formula is C11H9NOS3. The minimum Gasteiger partial charge on any atom is -0.326 e. The van der Waals surface area contributed by atoms with Crippen molar-refractivity contribution < 1.29 is 4.79 Å². The molecule has 0 atom stereocenters. The molecule has 2 aromatic rings. The molecule has 1 amide bonds. The Morgan fingerprint density at radius 3 is 2.69 bits per heavy atom. The number of anilines is 1. The van der Waals surface area contributed by atoms with Gasteiger partial charge >= 0.3 is 0 Å². The zero-order chi connectivity index (χ0) is 11.4. The summed E-state index contributed by atoms with van der Waals surface area (Å²) >= 11 is 8.03. The average Bonchev–Trinajstić information content (AvgIpc) is 2.65. The van der Waals surface area contributed by atoms with E-state index in [2.05, 4.69) is 5.32 Å². The Labute approximate surface area is 107 Å². The van der Waals surface area contributed by atoms with Gasteiger partial charge in [0.1, 0.15) is 3.14 Å². The first kappa shape index (κ1) is 11.4. The maximum Gasteiger partial charge on any atom is 0.229 e. The Balaban J connectivity index is 1.97. The summed E-state index contributed by atoms with van der Waals surface area (Å²) in [5.74, 6) is -0.00440. The van der Waals surface area contributed by atoms with Gasteiger partial charge in [-0.3, -0.25) is 4.79 Å². The fourth-order valence-corrected chi connectivity index (χ4v) is 3.42. The molecular weight excluding hydrogens is 258 g/mol. The summed E-state index contributed by atoms with van der Waals surface area (Å²) in [6.07, 6.45) is 0.396. The van der Waals surface area contributed by atoms with E-state index >= 15 is 0 Å². The van der Waals surface area contributed by atoms with Crippen LogP contribution >= 0.6 is 34.9 Å². The highest BCUT2D eigenvalue weighted by molar-refractivity contribution is 7.76. The first-order chi connectivity index (χ1) is 7.74. The fraction of sp³-hybridized carbons (Fsp3) is 0.0909. The third kappa shape index (κ3) is 3.23. The molecule has 0 saturated heterocycles. The van der Waals surface area contributed by atoms with Gasteiger partial charge in [0.15, 0.2) is 0 Å². The van der Waals surface area contributed by atoms with E-state index in [1.165, 1.54) is 22.7 Å². The highest BCUT2D eigenvalue weighted by Crippen LogP contribution is 2.18. The van der Waals surface area contributed by atoms with Crippen molar-refractivity contribution in [1.29, 1.82) is 0 Å². The molecule has 0 saturated carbocycles. The first-order valence-electron chi connectivity index (χ1n) is 4.66. The number of amides is 1. The van der Waals surface area contributed by atoms with Gasteiger partial charge in [-0.2, -0.15) is 0 Å². The molecule has 82 valence electrons. The van der Waals surface area contributed by atoms with Gasteiger partial charge in [0.05, 0.1) is 6.42 Å². The third-order valence-corrected chi connectivity index (χ3v) is 4.41. The van der Waals surface area contributed by atoms with Crippen molar-refractivity contribution in [2.45, 2.75) is 6.42 Å². The van der Waals surface area contributed by atoms with Gasteiger partial charge in [0.2, 0.25) is 5.91 Å². The Hall–Kier alpha value is -1.04. The van der Waals surface area contributed by atoms with Crippen LogP contribution in [0.4, 0.5) is 5.69 Å². The van der Waals surface area contributed by atoms with E-state index in [1.54, 1.807) is 0 Å². The van der Waals surface area contributed by atoms with E-state index < -0.39 is 0 Å². The molecule has 0 aliphatic carbocycles. The summed E-state index contributed by atoms with van der Waals surface area (Å²) in [5, 5.41) is 4.78. The van der Waals surface area contributed by atoms with Crippen LogP contribution in [0.5, 0.6) is 0 Å². The van der Waals surface area contributed by atoms with Crippen molar-refractivity contribution in [2.24, 2.45) is 0 Å². The van der Waals surface area contributed by atoms with Crippen molar-refractivity contribution in [3.05, 3.63) is 43.7 Å². The van der Waals surface area contributed by atoms with Gasteiger partial charge in [-0.1, -0.05) is 30.4 Å². The second-order valence-corrected chi connectivity index (χ2v) is 6.34. The van der Waals surface area contributed by atoms with Crippen LogP contribution in [0.3, 0.4) is 0 Å². The molecule has 1 N–H and O–H groups in total. The summed E-state index contributed by atoms with van der Waals surface area (Å²) in [6, 6.07) is 9.44. The maximum absolute atomic E-state index is 11.7. The lowest BCUT2D eigenvalue weighted by molar-refractivity contribution is -0.115. The molecule has 0 bridgehead atoms. The lowest BCUT2D eigenvalue weighted by atomic mass is 10.3. The quantitative estimate of drug-likeness (QED) is 0.859. The van der Waals surface area contributed by atoms with Gasteiger partial charge in [-0.25, -0.2) is 0 Å². The number of hydrogen-bond acceptors (Lipinski definition) is 4. The molecule has 0 aliphatic rings. The summed E-state index contributed by atoms with van der Waals surface area (Å²) in [4.78, 5) is 12.7. The molecule has 16 heavy (non-hydrogen) atoms. The molecule has 1 aromatic carbocycles. The topological polar surface area (TPSA) is 29.1 Å². The van der Waals surface area contributed by atoms with Crippen LogP contribution in [0.25, 0.3) is 0 Å². The van der Waals surface area contributed by atoms with Gasteiger partial charge < -0.3 is 5.32 Å². The fourth-order valence-electron chi connectivity index (χ4n) is 1.23. The molecule has 2 rings (SSSR count). The minimum absolute atomic E-state index is 0.00440. The second kappa shape index (κ2) is 5.34. The highest BCUT2D eigenvalue weighted by atomic mass is 32.2. The maximum atomic E-state index is 11.7. The average molecular weight is 267 g/mol. The van der Waals surface area contributed by atoms with Crippen LogP contribution in [0, 0.1) is 3.14 Å². The summed E-state index contributed by atoms with van der Waals surface area (Å²) in [7, 11) is 0. The molecule has 1 heterocycles. The van der Waals surface area contributed by atoms with Gasteiger partial charge in [0.25, 0.3) is 0 Å². The second-order valence-electron chi connectivity index (χ2n) is 3.15. The number of hydrogen-bond donors (Lipinski definition) is 1. The Bertz CT molecular complexity index is 529. The largest absolute Gasteiger partial charge is 0.326 e. The van der Waals surface area contributed by atoms with Crippen LogP contribution in [0.15, 0.2) is 35.7 Å². The number of rotatable bonds is 3. The molecule has 0 unspecified atom stereocenters. The van der Waals surface area contributed by atoms with E-state index in [9.17, 15) is 4.79 Å². The molecule has 0 aliphatic heterocycles. The number of nitrogens with one attached hydrogen (secondary N) is 1. The van der Waals surface area contributed by atoms with Crippen molar-refractivity contribution in [3.8, 4) is 0 Å². The van der Waals surface area contributed by atoms with E-state index in [1.807, 2.05) is 35.7 Å². The summed E-state index contributed by atoms with van der Waals surface area (Å²) in [5.41, 5.74) is 0.825. The van der Waals surface area contributed by atoms with Crippen molar-refractivity contribution >= 4 is 46.5 Å². The lowest BCUT2D eigenvalue weighted by Gasteiger charge is -2.02. The van der Waals surface area contributed by atoms with E-state index in [-0.39, 0.29) is 5.91 Å². The number of benzene rings is 1. The SMILES string of the molecule is O=C(Cc1csc(=S)s1)Nc1ccccc1. The normalized spacial score (nSPS) is 10.0. The lowest BCUT2D eigenvalue weighted by Crippen LogP contribution is -2.13. The number of para-hydroxylation sites is 1. The van der Waals surface area contributed by atoms with Crippen LogP contribution in [0.1, 0.15) is 4.88 Å². The standard InChI is InChI=1S/C11H9NOS3/c13-10(6-9-7-15-11(14)16-9)12-8-4-2-1-3-5-8/h1-5,7H,6H2,(H,12,13). The van der Waals surface area contributed by atoms with Crippen molar-refractivity contribution in [2.75, 3.05) is 5.32 Å². The van der Waals surface area contributed by atoms with Gasteiger partial charge in [-0.15, -0.1) is 22.7 Å². The number of carbonyl (C=O) groups excluding carboxylic acids is 1. The summed E-state index contributed by atoms with van der Waals surface area (Å²) < 4.78 is 0.863. The number of carbonyl (C=O) groups is 1. The first-order valence-corrected chi connectivity index (χ1v) is 6.77. The van der Waals surface area contributed by atoms with Gasteiger partial charge in [-0.05, 0) is 12.1 Å². The third-order valence-electron chi connectivity index (χ3n) is 1.89. The molecule has 1 aromatic heterocycles. The van der Waals surface area contributed by atoms with E-state index in [0.717, 1.165) is 13.7 Å². The smallest absolute Gasteiger partial charge is 0.229 e. The Morgan fingerprint density at radius 2 is 2.06 bits per heavy atom. The molecule has 0 fully saturated rings. The molecule has 0 radical (unpaired) electrons. The van der Waals surface area contributed by atoms with Crippen LogP contribution in [0.2, 0.25) is 0 Å². The zero-order valence-corrected chi connectivity index (χ0v) is 10.8.